The maximum absolute atomic E-state index is 4.38. The smallest absolute Gasteiger partial charge is 0.122 e. The van der Waals surface area contributed by atoms with Crippen LogP contribution in [0.2, 0.25) is 0 Å². The van der Waals surface area contributed by atoms with E-state index in [4.69, 9.17) is 0 Å². The third-order valence-electron chi connectivity index (χ3n) is 0.111. The summed E-state index contributed by atoms with van der Waals surface area (Å²) in [6.45, 7) is 3.26. The molecule has 0 unspecified atom stereocenters. The molecule has 0 saturated heterocycles. The van der Waals surface area contributed by atoms with Gasteiger partial charge in [-0.1, -0.05) is 18.2 Å². The molecule has 0 aromatic heterocycles. The molecule has 0 aromatic rings. The minimum Gasteiger partial charge on any atom is -0.423 e. The molecule has 0 aliphatic carbocycles. The van der Waals surface area contributed by atoms with E-state index < -0.39 is 0 Å². The van der Waals surface area contributed by atoms with E-state index in [1.54, 1.807) is 0 Å². The Bertz CT molecular complexity index is 28.8. The lowest BCUT2D eigenvalue weighted by molar-refractivity contribution is 0.578. The van der Waals surface area contributed by atoms with Gasteiger partial charge in [0.2, 0.25) is 0 Å². The quantitative estimate of drug-likeness (QED) is 0.249. The highest BCUT2D eigenvalue weighted by atomic mass is 33.1. The zero-order valence-corrected chi connectivity index (χ0v) is 4.26. The third-order valence-corrected chi connectivity index (χ3v) is 0.591. The maximum atomic E-state index is 4.38. The van der Waals surface area contributed by atoms with Crippen molar-refractivity contribution < 1.29 is 4.18 Å². The zero-order chi connectivity index (χ0) is 4.12. The van der Waals surface area contributed by atoms with Crippen molar-refractivity contribution >= 4 is 22.7 Å². The molecule has 0 aliphatic rings. The molecule has 0 bridgehead atoms. The number of rotatable bonds is 2. The van der Waals surface area contributed by atoms with Crippen molar-refractivity contribution in [3.63, 3.8) is 0 Å². The normalized spacial score (nSPS) is 6.60. The Morgan fingerprint density at radius 3 is 2.60 bits per heavy atom. The minimum absolute atomic E-state index is 0.978. The molecule has 0 amide bonds. The maximum Gasteiger partial charge on any atom is 0.122 e. The van der Waals surface area contributed by atoms with Gasteiger partial charge >= 0.3 is 0 Å². The molecule has 0 atom stereocenters. The van der Waals surface area contributed by atoms with Crippen LogP contribution in [0.3, 0.4) is 0 Å². The Labute approximate surface area is 40.4 Å². The monoisotopic (exact) mass is 108 g/mol. The van der Waals surface area contributed by atoms with Crippen LogP contribution in [-0.2, 0) is 4.18 Å². The molecule has 0 N–H and O–H groups in total. The van der Waals surface area contributed by atoms with Crippen LogP contribution in [-0.4, -0.2) is 0 Å². The Morgan fingerprint density at radius 1 is 2.00 bits per heavy atom. The number of thiol groups is 1. The Balaban J connectivity index is 2.40. The highest BCUT2D eigenvalue weighted by Gasteiger charge is 1.59. The first-order chi connectivity index (χ1) is 2.41. The summed E-state index contributed by atoms with van der Waals surface area (Å²) in [6.07, 6.45) is 1.32. The van der Waals surface area contributed by atoms with Gasteiger partial charge in [0.1, 0.15) is 11.1 Å². The summed E-state index contributed by atoms with van der Waals surface area (Å²) < 4.78 is 4.38. The highest BCUT2D eigenvalue weighted by Crippen LogP contribution is 2.04. The predicted octanol–water partition coefficient (Wildman–Crippen LogP) is 1.64. The molecular weight excluding hydrogens is 104 g/mol. The van der Waals surface area contributed by atoms with Gasteiger partial charge in [-0.3, -0.25) is 0 Å². The summed E-state index contributed by atoms with van der Waals surface area (Å²) in [5.74, 6) is 0. The molecule has 0 saturated carbocycles. The number of hydrogen-bond acceptors (Lipinski definition) is 3. The van der Waals surface area contributed by atoms with Crippen LogP contribution in [0, 0.1) is 0 Å². The molecule has 0 radical (unpaired) electrons. The van der Waals surface area contributed by atoms with E-state index in [0.717, 1.165) is 11.1 Å². The molecule has 5 heavy (non-hydrogen) atoms. The summed E-state index contributed by atoms with van der Waals surface area (Å²) in [6, 6.07) is 0. The van der Waals surface area contributed by atoms with E-state index in [2.05, 4.69) is 22.4 Å². The van der Waals surface area contributed by atoms with E-state index in [0.29, 0.717) is 0 Å². The second kappa shape index (κ2) is 4.24. The van der Waals surface area contributed by atoms with Crippen LogP contribution >= 0.6 is 22.7 Å². The molecule has 3 heteroatoms. The molecular formula is C2H4OS2. The second-order valence-corrected chi connectivity index (χ2v) is 1.13. The molecule has 0 heterocycles. The van der Waals surface area contributed by atoms with Gasteiger partial charge in [-0.15, -0.1) is 0 Å². The fraction of sp³-hybridized carbons (Fsp3) is 0. The lowest BCUT2D eigenvalue weighted by Gasteiger charge is -1.79. The van der Waals surface area contributed by atoms with Crippen molar-refractivity contribution in [2.45, 2.75) is 0 Å². The molecule has 0 rings (SSSR count). The summed E-state index contributed by atoms with van der Waals surface area (Å²) in [5.41, 5.74) is 0. The Kier molecular flexibility index (Phi) is 4.44. The van der Waals surface area contributed by atoms with Gasteiger partial charge in [0.15, 0.2) is 0 Å². The first-order valence-electron chi connectivity index (χ1n) is 0.993. The van der Waals surface area contributed by atoms with Crippen molar-refractivity contribution in [3.05, 3.63) is 12.8 Å². The zero-order valence-electron chi connectivity index (χ0n) is 2.55. The summed E-state index contributed by atoms with van der Waals surface area (Å²) >= 11 is 4.60. The van der Waals surface area contributed by atoms with Gasteiger partial charge in [-0.25, -0.2) is 0 Å². The van der Waals surface area contributed by atoms with Gasteiger partial charge < -0.3 is 4.18 Å². The van der Waals surface area contributed by atoms with Gasteiger partial charge in [0.25, 0.3) is 0 Å². The molecule has 30 valence electrons. The predicted molar refractivity (Wildman–Crippen MR) is 27.9 cm³/mol. The second-order valence-electron chi connectivity index (χ2n) is 0.337. The molecule has 0 spiro atoms. The van der Waals surface area contributed by atoms with E-state index in [1.165, 1.54) is 6.26 Å². The SMILES string of the molecule is C=COSS. The van der Waals surface area contributed by atoms with Crippen LogP contribution in [0.25, 0.3) is 0 Å². The van der Waals surface area contributed by atoms with E-state index in [9.17, 15) is 0 Å². The van der Waals surface area contributed by atoms with Gasteiger partial charge in [-0.2, -0.15) is 0 Å². The summed E-state index contributed by atoms with van der Waals surface area (Å²) in [5, 5.41) is 0. The van der Waals surface area contributed by atoms with Crippen molar-refractivity contribution in [1.82, 2.24) is 0 Å². The van der Waals surface area contributed by atoms with Crippen LogP contribution in [0.15, 0.2) is 12.8 Å². The van der Waals surface area contributed by atoms with Crippen LogP contribution in [0.1, 0.15) is 0 Å². The van der Waals surface area contributed by atoms with Gasteiger partial charge in [0.05, 0.1) is 6.26 Å². The van der Waals surface area contributed by atoms with Gasteiger partial charge in [-0.05, 0) is 0 Å². The lowest BCUT2D eigenvalue weighted by Crippen LogP contribution is -1.45. The summed E-state index contributed by atoms with van der Waals surface area (Å²) in [7, 11) is 0. The van der Waals surface area contributed by atoms with Gasteiger partial charge in [0, 0.05) is 0 Å². The summed E-state index contributed by atoms with van der Waals surface area (Å²) in [4.78, 5) is 0. The Morgan fingerprint density at radius 2 is 2.60 bits per heavy atom. The Hall–Kier alpha value is 0.240. The topological polar surface area (TPSA) is 9.23 Å². The highest BCUT2D eigenvalue weighted by molar-refractivity contribution is 8.66. The van der Waals surface area contributed by atoms with Crippen LogP contribution in [0.5, 0.6) is 0 Å². The largest absolute Gasteiger partial charge is 0.423 e. The first kappa shape index (κ1) is 5.24. The average molecular weight is 108 g/mol. The van der Waals surface area contributed by atoms with E-state index in [-0.39, 0.29) is 0 Å². The number of hydrogen-bond donors (Lipinski definition) is 1. The van der Waals surface area contributed by atoms with Crippen molar-refractivity contribution in [2.24, 2.45) is 0 Å². The van der Waals surface area contributed by atoms with E-state index in [1.807, 2.05) is 0 Å². The van der Waals surface area contributed by atoms with Crippen molar-refractivity contribution in [1.29, 1.82) is 0 Å². The van der Waals surface area contributed by atoms with Crippen molar-refractivity contribution in [3.8, 4) is 0 Å². The molecule has 0 aliphatic heterocycles. The van der Waals surface area contributed by atoms with Crippen molar-refractivity contribution in [2.75, 3.05) is 0 Å². The first-order valence-corrected chi connectivity index (χ1v) is 2.79. The van der Waals surface area contributed by atoms with Crippen LogP contribution < -0.4 is 0 Å². The molecule has 0 fully saturated rings. The fourth-order valence-electron chi connectivity index (χ4n) is 0.0304. The fourth-order valence-corrected chi connectivity index (χ4v) is 0.274. The average Bonchev–Trinajstić information content (AvgIpc) is 1.41. The third kappa shape index (κ3) is 4.24. The molecule has 1 nitrogen and oxygen atoms in total. The van der Waals surface area contributed by atoms with E-state index >= 15 is 0 Å². The molecule has 0 aromatic carbocycles. The van der Waals surface area contributed by atoms with Crippen LogP contribution in [0.4, 0.5) is 0 Å². The minimum atomic E-state index is 0.978. The lowest BCUT2D eigenvalue weighted by atomic mass is 11.2. The standard InChI is InChI=1S/C2H4OS2/c1-2-3-5-4/h2,4H,1H2.